The van der Waals surface area contributed by atoms with Crippen LogP contribution in [0.3, 0.4) is 0 Å². The van der Waals surface area contributed by atoms with Crippen molar-refractivity contribution in [3.05, 3.63) is 70.1 Å². The Labute approximate surface area is 165 Å². The first-order valence-electron chi connectivity index (χ1n) is 9.81. The highest BCUT2D eigenvalue weighted by Crippen LogP contribution is 2.21. The minimum absolute atomic E-state index is 0.168. The van der Waals surface area contributed by atoms with Crippen LogP contribution in [0.15, 0.2) is 53.3 Å². The zero-order valence-electron chi connectivity index (χ0n) is 16.9. The number of rotatable bonds is 6. The number of amides is 1. The summed E-state index contributed by atoms with van der Waals surface area (Å²) in [5.74, 6) is 0.412. The van der Waals surface area contributed by atoms with E-state index in [4.69, 9.17) is 0 Å². The van der Waals surface area contributed by atoms with Crippen molar-refractivity contribution in [2.24, 2.45) is 5.92 Å². The summed E-state index contributed by atoms with van der Waals surface area (Å²) < 4.78 is 1.40. The molecule has 1 atom stereocenters. The number of benzene rings is 2. The highest BCUT2D eigenvalue weighted by molar-refractivity contribution is 6.11. The van der Waals surface area contributed by atoms with Gasteiger partial charge < -0.3 is 5.32 Å². The summed E-state index contributed by atoms with van der Waals surface area (Å²) in [6.07, 6.45) is 1.07. The Hall–Kier alpha value is -2.95. The fourth-order valence-electron chi connectivity index (χ4n) is 3.19. The molecule has 5 nitrogen and oxygen atoms in total. The highest BCUT2D eigenvalue weighted by atomic mass is 16.2. The molecule has 1 amide bonds. The Kier molecular flexibility index (Phi) is 5.93. The van der Waals surface area contributed by atoms with Crippen LogP contribution in [0, 0.1) is 5.92 Å². The molecule has 1 N–H and O–H groups in total. The molecule has 1 aromatic heterocycles. The molecule has 1 heterocycles. The van der Waals surface area contributed by atoms with Crippen LogP contribution >= 0.6 is 0 Å². The average Bonchev–Trinajstić information content (AvgIpc) is 2.69. The van der Waals surface area contributed by atoms with E-state index in [0.717, 1.165) is 6.42 Å². The van der Waals surface area contributed by atoms with Gasteiger partial charge in [0.05, 0.1) is 5.39 Å². The number of aromatic nitrogens is 2. The van der Waals surface area contributed by atoms with Crippen LogP contribution in [-0.4, -0.2) is 15.7 Å². The van der Waals surface area contributed by atoms with Gasteiger partial charge in [0.2, 0.25) is 0 Å². The van der Waals surface area contributed by atoms with E-state index in [2.05, 4.69) is 24.3 Å². The zero-order valence-corrected chi connectivity index (χ0v) is 16.9. The Bertz CT molecular complexity index is 1040. The summed E-state index contributed by atoms with van der Waals surface area (Å²) in [4.78, 5) is 25.7. The number of fused-ring (bicyclic) bond motifs is 1. The van der Waals surface area contributed by atoms with Gasteiger partial charge in [-0.1, -0.05) is 58.0 Å². The molecule has 3 aromatic rings. The van der Waals surface area contributed by atoms with Gasteiger partial charge in [-0.2, -0.15) is 5.10 Å². The van der Waals surface area contributed by atoms with Gasteiger partial charge in [-0.05, 0) is 42.0 Å². The van der Waals surface area contributed by atoms with Crippen molar-refractivity contribution in [2.75, 3.05) is 5.32 Å². The fourth-order valence-corrected chi connectivity index (χ4v) is 3.19. The maximum atomic E-state index is 13.0. The van der Waals surface area contributed by atoms with Gasteiger partial charge in [-0.3, -0.25) is 9.59 Å². The standard InChI is InChI=1S/C23H27N3O2/c1-5-16(4)17-10-12-18(13-11-17)24-22(27)21-19-8-6-7-9-20(19)23(28)26(25-21)14-15(2)3/h6-13,15-16H,5,14H2,1-4H3,(H,24,27)/t16-/m0/s1. The minimum Gasteiger partial charge on any atom is -0.321 e. The van der Waals surface area contributed by atoms with Crippen molar-refractivity contribution in [2.45, 2.75) is 46.6 Å². The molecule has 0 aliphatic carbocycles. The summed E-state index contributed by atoms with van der Waals surface area (Å²) in [5, 5.41) is 8.39. The summed E-state index contributed by atoms with van der Waals surface area (Å²) in [5.41, 5.74) is 2.06. The van der Waals surface area contributed by atoms with Crippen LogP contribution in [0.4, 0.5) is 5.69 Å². The lowest BCUT2D eigenvalue weighted by Gasteiger charge is -2.13. The molecule has 2 aromatic carbocycles. The molecular weight excluding hydrogens is 350 g/mol. The van der Waals surface area contributed by atoms with Crippen LogP contribution in [0.1, 0.15) is 56.1 Å². The maximum absolute atomic E-state index is 13.0. The van der Waals surface area contributed by atoms with Crippen molar-refractivity contribution >= 4 is 22.4 Å². The highest BCUT2D eigenvalue weighted by Gasteiger charge is 2.17. The van der Waals surface area contributed by atoms with E-state index < -0.39 is 0 Å². The topological polar surface area (TPSA) is 64.0 Å². The molecular formula is C23H27N3O2. The molecule has 0 radical (unpaired) electrons. The second kappa shape index (κ2) is 8.38. The van der Waals surface area contributed by atoms with E-state index in [1.54, 1.807) is 18.2 Å². The zero-order chi connectivity index (χ0) is 20.3. The number of hydrogen-bond donors (Lipinski definition) is 1. The Balaban J connectivity index is 1.97. The van der Waals surface area contributed by atoms with Crippen molar-refractivity contribution in [3.63, 3.8) is 0 Å². The molecule has 0 aliphatic rings. The number of nitrogens with one attached hydrogen (secondary N) is 1. The largest absolute Gasteiger partial charge is 0.321 e. The van der Waals surface area contributed by atoms with Crippen molar-refractivity contribution in [3.8, 4) is 0 Å². The number of anilines is 1. The fraction of sp³-hybridized carbons (Fsp3) is 0.348. The SMILES string of the molecule is CC[C@H](C)c1ccc(NC(=O)c2nn(CC(C)C)c(=O)c3ccccc23)cc1. The molecule has 0 unspecified atom stereocenters. The second-order valence-corrected chi connectivity index (χ2v) is 7.66. The number of hydrogen-bond acceptors (Lipinski definition) is 3. The van der Waals surface area contributed by atoms with Crippen molar-refractivity contribution in [1.29, 1.82) is 0 Å². The van der Waals surface area contributed by atoms with Crippen LogP contribution in [-0.2, 0) is 6.54 Å². The number of carbonyl (C=O) groups is 1. The minimum atomic E-state index is -0.315. The van der Waals surface area contributed by atoms with E-state index in [1.165, 1.54) is 10.2 Å². The Morgan fingerprint density at radius 2 is 1.68 bits per heavy atom. The van der Waals surface area contributed by atoms with Gasteiger partial charge in [0.25, 0.3) is 11.5 Å². The maximum Gasteiger partial charge on any atom is 0.276 e. The van der Waals surface area contributed by atoms with E-state index in [-0.39, 0.29) is 23.1 Å². The molecule has 3 rings (SSSR count). The second-order valence-electron chi connectivity index (χ2n) is 7.66. The van der Waals surface area contributed by atoms with Crippen molar-refractivity contribution < 1.29 is 4.79 Å². The molecule has 0 bridgehead atoms. The lowest BCUT2D eigenvalue weighted by Crippen LogP contribution is -2.29. The van der Waals surface area contributed by atoms with Gasteiger partial charge in [0, 0.05) is 17.6 Å². The normalized spacial score (nSPS) is 12.3. The molecule has 0 saturated carbocycles. The third-order valence-electron chi connectivity index (χ3n) is 4.97. The summed E-state index contributed by atoms with van der Waals surface area (Å²) >= 11 is 0. The molecule has 28 heavy (non-hydrogen) atoms. The monoisotopic (exact) mass is 377 g/mol. The average molecular weight is 377 g/mol. The molecule has 0 spiro atoms. The molecule has 0 aliphatic heterocycles. The third kappa shape index (κ3) is 4.14. The summed E-state index contributed by atoms with van der Waals surface area (Å²) in [7, 11) is 0. The van der Waals surface area contributed by atoms with E-state index in [9.17, 15) is 9.59 Å². The summed E-state index contributed by atoms with van der Waals surface area (Å²) in [6.45, 7) is 8.84. The quantitative estimate of drug-likeness (QED) is 0.670. The van der Waals surface area contributed by atoms with E-state index in [1.807, 2.05) is 44.2 Å². The number of nitrogens with zero attached hydrogens (tertiary/aromatic N) is 2. The predicted molar refractivity (Wildman–Crippen MR) is 114 cm³/mol. The van der Waals surface area contributed by atoms with E-state index >= 15 is 0 Å². The Morgan fingerprint density at radius 3 is 2.29 bits per heavy atom. The van der Waals surface area contributed by atoms with Crippen LogP contribution in [0.5, 0.6) is 0 Å². The molecule has 146 valence electrons. The smallest absolute Gasteiger partial charge is 0.276 e. The van der Waals surface area contributed by atoms with Gasteiger partial charge in [-0.25, -0.2) is 4.68 Å². The van der Waals surface area contributed by atoms with Gasteiger partial charge in [0.1, 0.15) is 0 Å². The summed E-state index contributed by atoms with van der Waals surface area (Å²) in [6, 6.07) is 15.0. The molecule has 0 fully saturated rings. The van der Waals surface area contributed by atoms with Crippen LogP contribution < -0.4 is 10.9 Å². The van der Waals surface area contributed by atoms with E-state index in [0.29, 0.717) is 28.9 Å². The van der Waals surface area contributed by atoms with Crippen molar-refractivity contribution in [1.82, 2.24) is 9.78 Å². The van der Waals surface area contributed by atoms with Gasteiger partial charge in [0.15, 0.2) is 5.69 Å². The first-order chi connectivity index (χ1) is 13.4. The van der Waals surface area contributed by atoms with Gasteiger partial charge >= 0.3 is 0 Å². The first-order valence-corrected chi connectivity index (χ1v) is 9.81. The third-order valence-corrected chi connectivity index (χ3v) is 4.97. The lowest BCUT2D eigenvalue weighted by atomic mass is 9.98. The van der Waals surface area contributed by atoms with Crippen LogP contribution in [0.25, 0.3) is 10.8 Å². The predicted octanol–water partition coefficient (Wildman–Crippen LogP) is 4.82. The van der Waals surface area contributed by atoms with Gasteiger partial charge in [-0.15, -0.1) is 0 Å². The Morgan fingerprint density at radius 1 is 1.04 bits per heavy atom. The first kappa shape index (κ1) is 19.8. The van der Waals surface area contributed by atoms with Crippen LogP contribution in [0.2, 0.25) is 0 Å². The molecule has 5 heteroatoms. The number of carbonyl (C=O) groups excluding carboxylic acids is 1. The lowest BCUT2D eigenvalue weighted by molar-refractivity contribution is 0.102. The molecule has 0 saturated heterocycles.